The van der Waals surface area contributed by atoms with Crippen molar-refractivity contribution in [3.8, 4) is 9.88 Å². The van der Waals surface area contributed by atoms with Gasteiger partial charge in [-0.05, 0) is 24.3 Å². The van der Waals surface area contributed by atoms with Crippen molar-refractivity contribution in [1.29, 1.82) is 0 Å². The largest absolute Gasteiger partial charge is 0.445 e. The lowest BCUT2D eigenvalue weighted by Crippen LogP contribution is -2.19. The molecule has 2 aromatic heterocycles. The van der Waals surface area contributed by atoms with Crippen molar-refractivity contribution < 1.29 is 14.3 Å². The first kappa shape index (κ1) is 20.3. The zero-order chi connectivity index (χ0) is 21.9. The number of carbonyl (C=O) groups excluding carboxylic acids is 2. The van der Waals surface area contributed by atoms with Gasteiger partial charge in [0.2, 0.25) is 5.78 Å². The Labute approximate surface area is 192 Å². The molecule has 0 spiro atoms. The molecule has 0 aliphatic rings. The Morgan fingerprint density at radius 2 is 1.44 bits per heavy atom. The van der Waals surface area contributed by atoms with Crippen molar-refractivity contribution in [2.45, 2.75) is 6.10 Å². The number of ketones is 1. The number of Topliss-reactive ketones (excluding diaryl/α,β-unsaturated/α-hetero) is 1. The zero-order valence-corrected chi connectivity index (χ0v) is 18.4. The molecule has 6 heteroatoms. The molecule has 2 heterocycles. The van der Waals surface area contributed by atoms with Crippen molar-refractivity contribution in [1.82, 2.24) is 4.98 Å². The van der Waals surface area contributed by atoms with E-state index in [1.165, 1.54) is 11.3 Å². The van der Waals surface area contributed by atoms with Gasteiger partial charge in [-0.25, -0.2) is 9.78 Å². The van der Waals surface area contributed by atoms with Crippen molar-refractivity contribution >= 4 is 44.6 Å². The molecule has 1 unspecified atom stereocenters. The monoisotopic (exact) mass is 455 g/mol. The lowest BCUT2D eigenvalue weighted by atomic mass is 10.00. The molecule has 1 atom stereocenters. The van der Waals surface area contributed by atoms with E-state index in [9.17, 15) is 9.59 Å². The summed E-state index contributed by atoms with van der Waals surface area (Å²) in [5.74, 6) is -0.784. The van der Waals surface area contributed by atoms with Crippen LogP contribution in [0.5, 0.6) is 0 Å². The average Bonchev–Trinajstić information content (AvgIpc) is 3.50. The fraction of sp³-hybridized carbons (Fsp3) is 0.0385. The maximum absolute atomic E-state index is 13.2. The fourth-order valence-corrected chi connectivity index (χ4v) is 5.27. The first-order chi connectivity index (χ1) is 15.7. The molecule has 0 fully saturated rings. The number of nitrogens with zero attached hydrogens (tertiary/aromatic N) is 1. The Morgan fingerprint density at radius 1 is 0.750 bits per heavy atom. The molecular weight excluding hydrogens is 438 g/mol. The highest BCUT2D eigenvalue weighted by molar-refractivity contribution is 7.26. The number of ether oxygens (including phenoxy) is 1. The first-order valence-electron chi connectivity index (χ1n) is 10.00. The summed E-state index contributed by atoms with van der Waals surface area (Å²) in [5, 5.41) is 0.857. The standard InChI is InChI=1S/C26H17NO3S2/c28-23(17-9-3-1-4-10-17)24(18-11-5-2-6-12-18)30-26(29)22-16-15-21(31-22)25-27-19-13-7-8-14-20(19)32-25/h1-16,24H. The zero-order valence-electron chi connectivity index (χ0n) is 16.8. The van der Waals surface area contributed by atoms with E-state index in [-0.39, 0.29) is 5.78 Å². The van der Waals surface area contributed by atoms with Crippen LogP contribution in [-0.4, -0.2) is 16.7 Å². The number of hydrogen-bond acceptors (Lipinski definition) is 6. The van der Waals surface area contributed by atoms with Gasteiger partial charge < -0.3 is 4.74 Å². The third-order valence-electron chi connectivity index (χ3n) is 4.94. The second-order valence-corrected chi connectivity index (χ2v) is 9.19. The van der Waals surface area contributed by atoms with Gasteiger partial charge in [0.25, 0.3) is 0 Å². The highest BCUT2D eigenvalue weighted by atomic mass is 32.1. The number of thiazole rings is 1. The third kappa shape index (κ3) is 4.10. The van der Waals surface area contributed by atoms with Gasteiger partial charge in [-0.15, -0.1) is 22.7 Å². The predicted octanol–water partition coefficient (Wildman–Crippen LogP) is 6.81. The topological polar surface area (TPSA) is 56.3 Å². The van der Waals surface area contributed by atoms with Gasteiger partial charge >= 0.3 is 5.97 Å². The van der Waals surface area contributed by atoms with Gasteiger partial charge in [0, 0.05) is 11.1 Å². The smallest absolute Gasteiger partial charge is 0.349 e. The Morgan fingerprint density at radius 3 is 2.19 bits per heavy atom. The van der Waals surface area contributed by atoms with Gasteiger partial charge in [0.1, 0.15) is 9.88 Å². The minimum Gasteiger partial charge on any atom is -0.445 e. The summed E-state index contributed by atoms with van der Waals surface area (Å²) in [6.07, 6.45) is -1.01. The second kappa shape index (κ2) is 8.86. The molecular formula is C26H17NO3S2. The van der Waals surface area contributed by atoms with E-state index in [1.807, 2.05) is 54.6 Å². The Hall–Kier alpha value is -3.61. The quantitative estimate of drug-likeness (QED) is 0.209. The number of aromatic nitrogens is 1. The summed E-state index contributed by atoms with van der Waals surface area (Å²) in [5.41, 5.74) is 2.07. The van der Waals surface area contributed by atoms with E-state index >= 15 is 0 Å². The number of fused-ring (bicyclic) bond motifs is 1. The molecule has 0 aliphatic heterocycles. The maximum atomic E-state index is 13.2. The number of esters is 1. The molecule has 32 heavy (non-hydrogen) atoms. The van der Waals surface area contributed by atoms with Gasteiger partial charge in [-0.3, -0.25) is 4.79 Å². The highest BCUT2D eigenvalue weighted by Crippen LogP contribution is 2.35. The minimum absolute atomic E-state index is 0.256. The van der Waals surface area contributed by atoms with E-state index in [0.717, 1.165) is 20.1 Å². The summed E-state index contributed by atoms with van der Waals surface area (Å²) in [4.78, 5) is 32.1. The number of carbonyl (C=O) groups is 2. The molecule has 3 aromatic carbocycles. The van der Waals surface area contributed by atoms with Crippen LogP contribution in [0.15, 0.2) is 97.1 Å². The Bertz CT molecular complexity index is 1360. The van der Waals surface area contributed by atoms with E-state index < -0.39 is 12.1 Å². The minimum atomic E-state index is -1.01. The predicted molar refractivity (Wildman–Crippen MR) is 128 cm³/mol. The molecule has 0 aliphatic carbocycles. The van der Waals surface area contributed by atoms with E-state index in [1.54, 1.807) is 53.8 Å². The van der Waals surface area contributed by atoms with Crippen LogP contribution in [0.4, 0.5) is 0 Å². The summed E-state index contributed by atoms with van der Waals surface area (Å²) in [7, 11) is 0. The van der Waals surface area contributed by atoms with Crippen molar-refractivity contribution in [3.63, 3.8) is 0 Å². The second-order valence-electron chi connectivity index (χ2n) is 7.08. The number of rotatable bonds is 6. The molecule has 0 saturated heterocycles. The number of thiophene rings is 1. The highest BCUT2D eigenvalue weighted by Gasteiger charge is 2.27. The fourth-order valence-electron chi connectivity index (χ4n) is 3.36. The number of hydrogen-bond donors (Lipinski definition) is 0. The van der Waals surface area contributed by atoms with Gasteiger partial charge in [-0.2, -0.15) is 0 Å². The Kier molecular flexibility index (Phi) is 5.62. The van der Waals surface area contributed by atoms with E-state index in [0.29, 0.717) is 16.0 Å². The average molecular weight is 456 g/mol. The lowest BCUT2D eigenvalue weighted by Gasteiger charge is -2.17. The van der Waals surface area contributed by atoms with Gasteiger partial charge in [0.05, 0.1) is 15.1 Å². The van der Waals surface area contributed by atoms with Crippen LogP contribution in [0, 0.1) is 0 Å². The van der Waals surface area contributed by atoms with Crippen LogP contribution in [-0.2, 0) is 4.74 Å². The van der Waals surface area contributed by atoms with E-state index in [4.69, 9.17) is 4.74 Å². The van der Waals surface area contributed by atoms with Crippen molar-refractivity contribution in [3.05, 3.63) is 113 Å². The lowest BCUT2D eigenvalue weighted by molar-refractivity contribution is 0.0285. The third-order valence-corrected chi connectivity index (χ3v) is 7.21. The molecule has 5 rings (SSSR count). The summed E-state index contributed by atoms with van der Waals surface area (Å²) < 4.78 is 6.85. The van der Waals surface area contributed by atoms with Crippen molar-refractivity contribution in [2.75, 3.05) is 0 Å². The molecule has 0 radical (unpaired) electrons. The normalized spacial score (nSPS) is 11.9. The Balaban J connectivity index is 1.42. The van der Waals surface area contributed by atoms with Crippen LogP contribution < -0.4 is 0 Å². The van der Waals surface area contributed by atoms with Crippen LogP contribution in [0.2, 0.25) is 0 Å². The van der Waals surface area contributed by atoms with Crippen molar-refractivity contribution in [2.24, 2.45) is 0 Å². The summed E-state index contributed by atoms with van der Waals surface area (Å²) in [6, 6.07) is 29.5. The first-order valence-corrected chi connectivity index (χ1v) is 11.6. The number of benzene rings is 3. The van der Waals surface area contributed by atoms with E-state index in [2.05, 4.69) is 4.98 Å². The van der Waals surface area contributed by atoms with Crippen LogP contribution >= 0.6 is 22.7 Å². The maximum Gasteiger partial charge on any atom is 0.349 e. The van der Waals surface area contributed by atoms with Crippen LogP contribution in [0.1, 0.15) is 31.7 Å². The molecule has 0 amide bonds. The SMILES string of the molecule is O=C(OC(C(=O)c1ccccc1)c1ccccc1)c1ccc(-c2nc3ccccc3s2)s1. The molecule has 0 bridgehead atoms. The number of para-hydroxylation sites is 1. The van der Waals surface area contributed by atoms with Crippen LogP contribution in [0.3, 0.4) is 0 Å². The van der Waals surface area contributed by atoms with Gasteiger partial charge in [0.15, 0.2) is 6.10 Å². The molecule has 156 valence electrons. The molecule has 0 N–H and O–H groups in total. The molecule has 5 aromatic rings. The van der Waals surface area contributed by atoms with Gasteiger partial charge in [-0.1, -0.05) is 72.8 Å². The molecule has 0 saturated carbocycles. The summed E-state index contributed by atoms with van der Waals surface area (Å²) >= 11 is 2.90. The van der Waals surface area contributed by atoms with Crippen LogP contribution in [0.25, 0.3) is 20.1 Å². The summed E-state index contributed by atoms with van der Waals surface area (Å²) in [6.45, 7) is 0. The molecule has 4 nitrogen and oxygen atoms in total.